The second-order valence-electron chi connectivity index (χ2n) is 14.1. The molecule has 0 saturated heterocycles. The summed E-state index contributed by atoms with van der Waals surface area (Å²) in [5, 5.41) is 5.13. The van der Waals surface area contributed by atoms with Crippen molar-refractivity contribution in [2.45, 2.75) is 77.6 Å². The van der Waals surface area contributed by atoms with Crippen LogP contribution in [-0.4, -0.2) is 53.1 Å². The summed E-state index contributed by atoms with van der Waals surface area (Å²) in [5.74, 6) is 0.396. The van der Waals surface area contributed by atoms with E-state index in [0.29, 0.717) is 53.9 Å². The van der Waals surface area contributed by atoms with Gasteiger partial charge in [0.2, 0.25) is 0 Å². The maximum atomic E-state index is 14.4. The van der Waals surface area contributed by atoms with Crippen molar-refractivity contribution in [2.24, 2.45) is 0 Å². The number of carbonyl (C=O) groups excluding carboxylic acids is 1. The van der Waals surface area contributed by atoms with E-state index in [1.807, 2.05) is 70.2 Å². The Morgan fingerprint density at radius 2 is 1.69 bits per heavy atom. The minimum Gasteiger partial charge on any atom is -0.493 e. The number of nitrogens with zero attached hydrogens (tertiary/aromatic N) is 3. The summed E-state index contributed by atoms with van der Waals surface area (Å²) in [7, 11) is 1.36. The Hall–Kier alpha value is -4.80. The Morgan fingerprint density at radius 3 is 2.49 bits per heavy atom. The molecule has 10 heteroatoms. The lowest BCUT2D eigenvalue weighted by Gasteiger charge is -2.29. The van der Waals surface area contributed by atoms with Crippen LogP contribution in [0.4, 0.5) is 4.39 Å². The normalized spacial score (nSPS) is 17.1. The molecule has 2 unspecified atom stereocenters. The highest BCUT2D eigenvalue weighted by molar-refractivity contribution is 5.83. The fraction of sp³-hybridized carbons (Fsp3) is 0.390. The van der Waals surface area contributed by atoms with Gasteiger partial charge in [0.25, 0.3) is 0 Å². The van der Waals surface area contributed by atoms with E-state index < -0.39 is 17.7 Å². The van der Waals surface area contributed by atoms with Gasteiger partial charge in [0.05, 0.1) is 43.4 Å². The monoisotopic (exact) mass is 693 g/mol. The number of esters is 1. The third-order valence-electron chi connectivity index (χ3n) is 9.27. The SMILES string of the molecule is COC(=O)C(OC(C)(C)C)c1c(C)nc2cc3nn2c1-c1ccc2c(c1)C(CCO2)OCCCCCCOc1cc(F)ccc1-c1cccc-3c1. The van der Waals surface area contributed by atoms with Crippen molar-refractivity contribution in [1.29, 1.82) is 0 Å². The summed E-state index contributed by atoms with van der Waals surface area (Å²) in [6.45, 7) is 9.24. The highest BCUT2D eigenvalue weighted by Crippen LogP contribution is 2.42. The van der Waals surface area contributed by atoms with E-state index in [2.05, 4.69) is 6.07 Å². The van der Waals surface area contributed by atoms with Crippen LogP contribution in [-0.2, 0) is 19.0 Å². The number of methoxy groups -OCH3 is 1. The summed E-state index contributed by atoms with van der Waals surface area (Å²) < 4.78 is 46.7. The lowest BCUT2D eigenvalue weighted by atomic mass is 9.94. The number of ether oxygens (including phenoxy) is 5. The number of carbonyl (C=O) groups is 1. The van der Waals surface area contributed by atoms with Crippen LogP contribution in [0.5, 0.6) is 11.5 Å². The van der Waals surface area contributed by atoms with Gasteiger partial charge in [-0.05, 0) is 88.9 Å². The van der Waals surface area contributed by atoms with Gasteiger partial charge in [0, 0.05) is 58.7 Å². The van der Waals surface area contributed by atoms with E-state index in [-0.39, 0.29) is 11.9 Å². The van der Waals surface area contributed by atoms with Gasteiger partial charge in [-0.1, -0.05) is 24.6 Å². The van der Waals surface area contributed by atoms with E-state index in [9.17, 15) is 9.18 Å². The van der Waals surface area contributed by atoms with Gasteiger partial charge in [-0.15, -0.1) is 0 Å². The Kier molecular flexibility index (Phi) is 9.81. The topological polar surface area (TPSA) is 93.4 Å². The van der Waals surface area contributed by atoms with Crippen molar-refractivity contribution < 1.29 is 32.9 Å². The number of aromatic nitrogens is 3. The maximum Gasteiger partial charge on any atom is 0.339 e. The molecule has 0 amide bonds. The van der Waals surface area contributed by atoms with Crippen LogP contribution in [0.25, 0.3) is 39.3 Å². The number of hydrogen-bond acceptors (Lipinski definition) is 8. The molecular formula is C41H44FN3O6. The molecule has 0 aliphatic carbocycles. The Balaban J connectivity index is 1.46. The van der Waals surface area contributed by atoms with Crippen LogP contribution in [0.15, 0.2) is 66.7 Å². The van der Waals surface area contributed by atoms with Crippen LogP contribution >= 0.6 is 0 Å². The minimum atomic E-state index is -1.08. The van der Waals surface area contributed by atoms with E-state index in [0.717, 1.165) is 65.7 Å². The zero-order chi connectivity index (χ0) is 35.7. The van der Waals surface area contributed by atoms with Gasteiger partial charge in [0.1, 0.15) is 17.3 Å². The number of hydrogen-bond donors (Lipinski definition) is 0. The van der Waals surface area contributed by atoms with Crippen LogP contribution in [0.3, 0.4) is 0 Å². The smallest absolute Gasteiger partial charge is 0.339 e. The van der Waals surface area contributed by atoms with E-state index in [1.54, 1.807) is 10.6 Å². The van der Waals surface area contributed by atoms with E-state index >= 15 is 0 Å². The zero-order valence-corrected chi connectivity index (χ0v) is 29.8. The fourth-order valence-corrected chi connectivity index (χ4v) is 6.90. The first-order valence-corrected chi connectivity index (χ1v) is 17.7. The molecule has 266 valence electrons. The van der Waals surface area contributed by atoms with Crippen LogP contribution in [0.1, 0.15) is 81.9 Å². The first-order chi connectivity index (χ1) is 24.6. The van der Waals surface area contributed by atoms with Gasteiger partial charge < -0.3 is 23.7 Å². The third kappa shape index (κ3) is 7.34. The predicted octanol–water partition coefficient (Wildman–Crippen LogP) is 9.00. The molecule has 2 aromatic heterocycles. The standard InChI is InChI=1S/C41H44FN3O6/c1-25-37(39(40(46)47-5)51-41(2,3)4)38-28-13-16-33-31(22-28)34(17-20-50-33)48-18-8-6-7-9-19-49-35-23-29(42)14-15-30(35)26-11-10-12-27(21-26)32-24-36(43-25)45(38)44-32/h10-16,21-24,34,39H,6-9,17-20H2,1-5H3. The van der Waals surface area contributed by atoms with Gasteiger partial charge in [0.15, 0.2) is 11.8 Å². The van der Waals surface area contributed by atoms with Crippen molar-refractivity contribution >= 4 is 11.6 Å². The third-order valence-corrected chi connectivity index (χ3v) is 9.27. The fourth-order valence-electron chi connectivity index (χ4n) is 6.90. The molecule has 0 radical (unpaired) electrons. The summed E-state index contributed by atoms with van der Waals surface area (Å²) in [6.07, 6.45) is 3.19. The molecule has 9 nitrogen and oxygen atoms in total. The van der Waals surface area contributed by atoms with Gasteiger partial charge >= 0.3 is 5.97 Å². The maximum absolute atomic E-state index is 14.4. The summed E-state index contributed by atoms with van der Waals surface area (Å²) in [5.41, 5.74) is 6.69. The second-order valence-corrected chi connectivity index (χ2v) is 14.1. The largest absolute Gasteiger partial charge is 0.493 e. The summed E-state index contributed by atoms with van der Waals surface area (Å²) >= 11 is 0. The number of halogens is 1. The molecule has 6 bridgehead atoms. The zero-order valence-electron chi connectivity index (χ0n) is 29.8. The molecule has 0 spiro atoms. The molecule has 2 atom stereocenters. The van der Waals surface area contributed by atoms with Crippen molar-refractivity contribution in [3.63, 3.8) is 0 Å². The molecule has 7 rings (SSSR count). The van der Waals surface area contributed by atoms with Crippen molar-refractivity contribution in [3.8, 4) is 45.1 Å². The quantitative estimate of drug-likeness (QED) is 0.173. The molecule has 4 heterocycles. The lowest BCUT2D eigenvalue weighted by Crippen LogP contribution is -2.30. The molecule has 0 saturated carbocycles. The number of rotatable bonds is 3. The van der Waals surface area contributed by atoms with Crippen molar-refractivity contribution in [2.75, 3.05) is 26.9 Å². The average Bonchev–Trinajstić information content (AvgIpc) is 3.54. The summed E-state index contributed by atoms with van der Waals surface area (Å²) in [6, 6.07) is 20.6. The van der Waals surface area contributed by atoms with Gasteiger partial charge in [-0.2, -0.15) is 5.10 Å². The Bertz CT molecular complexity index is 2070. The van der Waals surface area contributed by atoms with Crippen LogP contribution in [0.2, 0.25) is 0 Å². The van der Waals surface area contributed by atoms with Gasteiger partial charge in [-0.3, -0.25) is 0 Å². The highest BCUT2D eigenvalue weighted by Gasteiger charge is 2.35. The van der Waals surface area contributed by atoms with Crippen LogP contribution in [0, 0.1) is 12.7 Å². The van der Waals surface area contributed by atoms with Gasteiger partial charge in [-0.25, -0.2) is 18.7 Å². The molecule has 5 aromatic rings. The van der Waals surface area contributed by atoms with Crippen molar-refractivity contribution in [1.82, 2.24) is 14.6 Å². The molecular weight excluding hydrogens is 649 g/mol. The van der Waals surface area contributed by atoms with Crippen molar-refractivity contribution in [3.05, 3.63) is 89.4 Å². The molecule has 0 fully saturated rings. The van der Waals surface area contributed by atoms with Crippen LogP contribution < -0.4 is 9.47 Å². The number of benzene rings is 3. The first-order valence-electron chi connectivity index (χ1n) is 17.7. The first kappa shape index (κ1) is 34.6. The summed E-state index contributed by atoms with van der Waals surface area (Å²) in [4.78, 5) is 18.5. The predicted molar refractivity (Wildman–Crippen MR) is 192 cm³/mol. The second kappa shape index (κ2) is 14.4. The molecule has 2 aliphatic rings. The molecule has 0 N–H and O–H groups in total. The number of aryl methyl sites for hydroxylation is 1. The molecule has 3 aromatic carbocycles. The van der Waals surface area contributed by atoms with E-state index in [4.69, 9.17) is 33.8 Å². The minimum absolute atomic E-state index is 0.155. The Labute approximate surface area is 297 Å². The van der Waals surface area contributed by atoms with E-state index in [1.165, 1.54) is 19.2 Å². The molecule has 51 heavy (non-hydrogen) atoms. The lowest BCUT2D eigenvalue weighted by molar-refractivity contribution is -0.164. The average molecular weight is 694 g/mol. The number of fused-ring (bicyclic) bond motifs is 8. The Morgan fingerprint density at radius 1 is 0.902 bits per heavy atom. The highest BCUT2D eigenvalue weighted by atomic mass is 19.1. The molecule has 2 aliphatic heterocycles.